The van der Waals surface area contributed by atoms with Crippen molar-refractivity contribution >= 4 is 16.9 Å². The average molecular weight is 359 g/mol. The summed E-state index contributed by atoms with van der Waals surface area (Å²) < 4.78 is 2.46. The van der Waals surface area contributed by atoms with Crippen LogP contribution in [0.25, 0.3) is 11.0 Å². The topological polar surface area (TPSA) is 80.4 Å². The summed E-state index contributed by atoms with van der Waals surface area (Å²) in [5, 5.41) is 0.403. The van der Waals surface area contributed by atoms with E-state index in [0.717, 1.165) is 29.5 Å². The van der Waals surface area contributed by atoms with Gasteiger partial charge in [-0.05, 0) is 45.5 Å². The Labute approximate surface area is 151 Å². The second-order valence-electron chi connectivity index (χ2n) is 7.15. The summed E-state index contributed by atoms with van der Waals surface area (Å²) in [6, 6.07) is 3.39. The Kier molecular flexibility index (Phi) is 4.95. The fourth-order valence-electron chi connectivity index (χ4n) is 3.55. The van der Waals surface area contributed by atoms with E-state index in [-0.39, 0.29) is 17.5 Å². The number of hydrogen-bond acceptors (Lipinski definition) is 5. The standard InChI is InChI=1S/C18H25N5O3/c1-20(2)11-15(24)23-10-6-5-7-14(23)13-9-8-12-16(19-13)21(3)18(26)22(4)17(12)25/h8-9,14H,5-7,10-11H2,1-4H3. The molecular weight excluding hydrogens is 334 g/mol. The van der Waals surface area contributed by atoms with Gasteiger partial charge >= 0.3 is 5.69 Å². The van der Waals surface area contributed by atoms with E-state index in [1.165, 1.54) is 11.6 Å². The third-order valence-electron chi connectivity index (χ3n) is 4.94. The van der Waals surface area contributed by atoms with Crippen molar-refractivity contribution in [3.63, 3.8) is 0 Å². The Hall–Kier alpha value is -2.48. The number of nitrogens with zero attached hydrogens (tertiary/aromatic N) is 5. The van der Waals surface area contributed by atoms with Crippen molar-refractivity contribution in [2.24, 2.45) is 14.1 Å². The first-order valence-corrected chi connectivity index (χ1v) is 8.82. The van der Waals surface area contributed by atoms with Gasteiger partial charge in [0.05, 0.1) is 23.7 Å². The molecule has 1 aliphatic rings. The molecule has 3 heterocycles. The Morgan fingerprint density at radius 3 is 2.62 bits per heavy atom. The zero-order valence-electron chi connectivity index (χ0n) is 15.7. The van der Waals surface area contributed by atoms with Gasteiger partial charge in [-0.25, -0.2) is 9.78 Å². The number of carbonyl (C=O) groups excluding carboxylic acids is 1. The molecule has 1 amide bonds. The Morgan fingerprint density at radius 2 is 1.92 bits per heavy atom. The number of aromatic nitrogens is 3. The maximum Gasteiger partial charge on any atom is 0.332 e. The van der Waals surface area contributed by atoms with Gasteiger partial charge in [0.25, 0.3) is 5.56 Å². The van der Waals surface area contributed by atoms with Gasteiger partial charge in [-0.15, -0.1) is 0 Å². The van der Waals surface area contributed by atoms with Crippen LogP contribution in [-0.4, -0.2) is 57.0 Å². The van der Waals surface area contributed by atoms with Crippen LogP contribution in [-0.2, 0) is 18.9 Å². The van der Waals surface area contributed by atoms with Gasteiger partial charge < -0.3 is 9.80 Å². The predicted molar refractivity (Wildman–Crippen MR) is 99.1 cm³/mol. The number of amides is 1. The Bertz CT molecular complexity index is 960. The van der Waals surface area contributed by atoms with Gasteiger partial charge in [0.15, 0.2) is 0 Å². The van der Waals surface area contributed by atoms with Crippen molar-refractivity contribution in [2.45, 2.75) is 25.3 Å². The van der Waals surface area contributed by atoms with Crippen molar-refractivity contribution in [3.05, 3.63) is 38.7 Å². The largest absolute Gasteiger partial charge is 0.333 e. The van der Waals surface area contributed by atoms with Crippen LogP contribution in [0.5, 0.6) is 0 Å². The van der Waals surface area contributed by atoms with Crippen molar-refractivity contribution in [1.82, 2.24) is 23.9 Å². The lowest BCUT2D eigenvalue weighted by Crippen LogP contribution is -2.43. The molecule has 0 radical (unpaired) electrons. The van der Waals surface area contributed by atoms with Gasteiger partial charge in [0.2, 0.25) is 5.91 Å². The molecule has 26 heavy (non-hydrogen) atoms. The highest BCUT2D eigenvalue weighted by molar-refractivity contribution is 5.79. The van der Waals surface area contributed by atoms with Gasteiger partial charge in [-0.1, -0.05) is 0 Å². The third-order valence-corrected chi connectivity index (χ3v) is 4.94. The minimum atomic E-state index is -0.406. The molecule has 8 nitrogen and oxygen atoms in total. The first-order valence-electron chi connectivity index (χ1n) is 8.82. The molecular formula is C18H25N5O3. The van der Waals surface area contributed by atoms with Crippen molar-refractivity contribution in [3.8, 4) is 0 Å². The van der Waals surface area contributed by atoms with Crippen LogP contribution in [0.2, 0.25) is 0 Å². The molecule has 3 rings (SSSR count). The van der Waals surface area contributed by atoms with E-state index in [2.05, 4.69) is 4.98 Å². The molecule has 0 bridgehead atoms. The number of hydrogen-bond donors (Lipinski definition) is 0. The van der Waals surface area contributed by atoms with E-state index in [9.17, 15) is 14.4 Å². The molecule has 8 heteroatoms. The van der Waals surface area contributed by atoms with Crippen LogP contribution in [0.3, 0.4) is 0 Å². The highest BCUT2D eigenvalue weighted by atomic mass is 16.2. The first-order chi connectivity index (χ1) is 12.3. The number of likely N-dealkylation sites (tertiary alicyclic amines) is 1. The number of rotatable bonds is 3. The maximum absolute atomic E-state index is 12.6. The van der Waals surface area contributed by atoms with Crippen LogP contribution in [0.15, 0.2) is 21.7 Å². The van der Waals surface area contributed by atoms with Crippen LogP contribution < -0.4 is 11.2 Å². The second kappa shape index (κ2) is 7.03. The number of fused-ring (bicyclic) bond motifs is 1. The van der Waals surface area contributed by atoms with Crippen LogP contribution in [0.1, 0.15) is 31.0 Å². The lowest BCUT2D eigenvalue weighted by Gasteiger charge is -2.36. The SMILES string of the molecule is CN(C)CC(=O)N1CCCCC1c1ccc2c(=O)n(C)c(=O)n(C)c2n1. The van der Waals surface area contributed by atoms with Gasteiger partial charge in [-0.3, -0.25) is 18.7 Å². The van der Waals surface area contributed by atoms with E-state index in [4.69, 9.17) is 0 Å². The minimum Gasteiger partial charge on any atom is -0.333 e. The van der Waals surface area contributed by atoms with E-state index < -0.39 is 5.69 Å². The lowest BCUT2D eigenvalue weighted by atomic mass is 9.98. The summed E-state index contributed by atoms with van der Waals surface area (Å²) in [5.41, 5.74) is 0.330. The quantitative estimate of drug-likeness (QED) is 0.785. The highest BCUT2D eigenvalue weighted by Crippen LogP contribution is 2.30. The summed E-state index contributed by atoms with van der Waals surface area (Å²) in [6.07, 6.45) is 2.82. The molecule has 1 saturated heterocycles. The molecule has 0 aromatic carbocycles. The van der Waals surface area contributed by atoms with Crippen LogP contribution in [0, 0.1) is 0 Å². The normalized spacial score (nSPS) is 17.9. The number of pyridine rings is 1. The average Bonchev–Trinajstić information content (AvgIpc) is 2.63. The Morgan fingerprint density at radius 1 is 1.19 bits per heavy atom. The van der Waals surface area contributed by atoms with Gasteiger partial charge in [0, 0.05) is 20.6 Å². The molecule has 2 aromatic rings. The number of aryl methyl sites for hydroxylation is 1. The van der Waals surface area contributed by atoms with E-state index >= 15 is 0 Å². The summed E-state index contributed by atoms with van der Waals surface area (Å²) in [7, 11) is 6.81. The first kappa shape index (κ1) is 18.3. The summed E-state index contributed by atoms with van der Waals surface area (Å²) >= 11 is 0. The molecule has 1 atom stereocenters. The summed E-state index contributed by atoms with van der Waals surface area (Å²) in [6.45, 7) is 1.05. The number of piperidine rings is 1. The summed E-state index contributed by atoms with van der Waals surface area (Å²) in [4.78, 5) is 45.5. The zero-order valence-corrected chi connectivity index (χ0v) is 15.7. The summed E-state index contributed by atoms with van der Waals surface area (Å²) in [5.74, 6) is 0.0689. The molecule has 1 fully saturated rings. The predicted octanol–water partition coefficient (Wildman–Crippen LogP) is 0.247. The van der Waals surface area contributed by atoms with Crippen LogP contribution >= 0.6 is 0 Å². The van der Waals surface area contributed by atoms with Crippen molar-refractivity contribution < 1.29 is 4.79 Å². The molecule has 1 unspecified atom stereocenters. The van der Waals surface area contributed by atoms with E-state index in [1.54, 1.807) is 19.2 Å². The second-order valence-corrected chi connectivity index (χ2v) is 7.15. The van der Waals surface area contributed by atoms with E-state index in [1.807, 2.05) is 23.9 Å². The molecule has 0 aliphatic carbocycles. The molecule has 0 N–H and O–H groups in total. The minimum absolute atomic E-state index is 0.0689. The van der Waals surface area contributed by atoms with E-state index in [0.29, 0.717) is 24.1 Å². The van der Waals surface area contributed by atoms with Crippen molar-refractivity contribution in [1.29, 1.82) is 0 Å². The fourth-order valence-corrected chi connectivity index (χ4v) is 3.55. The zero-order chi connectivity index (χ0) is 19.0. The van der Waals surface area contributed by atoms with Crippen molar-refractivity contribution in [2.75, 3.05) is 27.2 Å². The molecule has 1 aliphatic heterocycles. The molecule has 140 valence electrons. The smallest absolute Gasteiger partial charge is 0.332 e. The third kappa shape index (κ3) is 3.16. The van der Waals surface area contributed by atoms with Crippen LogP contribution in [0.4, 0.5) is 0 Å². The molecule has 0 spiro atoms. The molecule has 2 aromatic heterocycles. The maximum atomic E-state index is 12.6. The fraction of sp³-hybridized carbons (Fsp3) is 0.556. The highest BCUT2D eigenvalue weighted by Gasteiger charge is 2.29. The molecule has 0 saturated carbocycles. The number of carbonyl (C=O) groups is 1. The van der Waals surface area contributed by atoms with Gasteiger partial charge in [-0.2, -0.15) is 0 Å². The Balaban J connectivity index is 2.07. The number of likely N-dealkylation sites (N-methyl/N-ethyl adjacent to an activating group) is 1. The monoisotopic (exact) mass is 359 g/mol. The van der Waals surface area contributed by atoms with Gasteiger partial charge in [0.1, 0.15) is 5.65 Å². The lowest BCUT2D eigenvalue weighted by molar-refractivity contribution is -0.135.